The summed E-state index contributed by atoms with van der Waals surface area (Å²) in [5, 5.41) is 3.90. The first kappa shape index (κ1) is 16.4. The van der Waals surface area contributed by atoms with E-state index in [0.717, 1.165) is 29.5 Å². The van der Waals surface area contributed by atoms with Gasteiger partial charge in [0.05, 0.1) is 5.75 Å². The van der Waals surface area contributed by atoms with E-state index in [1.807, 2.05) is 18.8 Å². The quantitative estimate of drug-likeness (QED) is 0.830. The van der Waals surface area contributed by atoms with Crippen molar-refractivity contribution in [2.75, 3.05) is 13.6 Å². The fourth-order valence-electron chi connectivity index (χ4n) is 2.32. The summed E-state index contributed by atoms with van der Waals surface area (Å²) in [5.74, 6) is 2.35. The van der Waals surface area contributed by atoms with Crippen LogP contribution < -0.4 is 5.32 Å². The van der Waals surface area contributed by atoms with Crippen LogP contribution in [0.15, 0.2) is 0 Å². The first-order valence-corrected chi connectivity index (χ1v) is 8.14. The minimum absolute atomic E-state index is 0.460. The number of rotatable bonds is 7. The van der Waals surface area contributed by atoms with E-state index < -0.39 is 0 Å². The third-order valence-corrected chi connectivity index (χ3v) is 4.78. The van der Waals surface area contributed by atoms with Crippen molar-refractivity contribution in [2.24, 2.45) is 0 Å². The van der Waals surface area contributed by atoms with Crippen LogP contribution in [0.4, 0.5) is 0 Å². The highest BCUT2D eigenvalue weighted by Gasteiger charge is 2.14. The van der Waals surface area contributed by atoms with E-state index in [4.69, 9.17) is 0 Å². The van der Waals surface area contributed by atoms with Crippen LogP contribution in [0.25, 0.3) is 0 Å². The van der Waals surface area contributed by atoms with E-state index in [-0.39, 0.29) is 0 Å². The summed E-state index contributed by atoms with van der Waals surface area (Å²) < 4.78 is 0. The third kappa shape index (κ3) is 4.77. The minimum Gasteiger partial charge on any atom is -0.319 e. The number of nitrogens with one attached hydrogen (secondary N) is 1. The lowest BCUT2D eigenvalue weighted by Gasteiger charge is -2.17. The topological polar surface area (TPSA) is 37.8 Å². The van der Waals surface area contributed by atoms with Crippen LogP contribution in [-0.2, 0) is 5.75 Å². The first-order chi connectivity index (χ1) is 8.99. The van der Waals surface area contributed by atoms with E-state index in [9.17, 15) is 0 Å². The van der Waals surface area contributed by atoms with Crippen LogP contribution in [0.3, 0.4) is 0 Å². The van der Waals surface area contributed by atoms with Crippen molar-refractivity contribution in [1.82, 2.24) is 15.3 Å². The number of aryl methyl sites for hydroxylation is 2. The highest BCUT2D eigenvalue weighted by atomic mass is 32.2. The van der Waals surface area contributed by atoms with Crippen LogP contribution in [0.1, 0.15) is 55.9 Å². The second kappa shape index (κ2) is 7.85. The van der Waals surface area contributed by atoms with Crippen LogP contribution in [0.5, 0.6) is 0 Å². The van der Waals surface area contributed by atoms with Crippen molar-refractivity contribution >= 4 is 11.8 Å². The van der Waals surface area contributed by atoms with Crippen molar-refractivity contribution in [1.29, 1.82) is 0 Å². The largest absolute Gasteiger partial charge is 0.319 e. The molecule has 4 heteroatoms. The van der Waals surface area contributed by atoms with Gasteiger partial charge in [0.2, 0.25) is 0 Å². The van der Waals surface area contributed by atoms with Gasteiger partial charge >= 0.3 is 0 Å². The fourth-order valence-corrected chi connectivity index (χ4v) is 3.11. The summed E-state index contributed by atoms with van der Waals surface area (Å²) in [4.78, 5) is 9.37. The Morgan fingerprint density at radius 3 is 2.21 bits per heavy atom. The summed E-state index contributed by atoms with van der Waals surface area (Å²) in [6.07, 6.45) is 1.19. The molecule has 0 aromatic carbocycles. The van der Waals surface area contributed by atoms with Crippen molar-refractivity contribution in [3.63, 3.8) is 0 Å². The van der Waals surface area contributed by atoms with E-state index in [1.165, 1.54) is 12.0 Å². The average Bonchev–Trinajstić information content (AvgIpc) is 2.35. The van der Waals surface area contributed by atoms with Crippen molar-refractivity contribution in [2.45, 2.75) is 58.0 Å². The second-order valence-electron chi connectivity index (χ2n) is 5.21. The summed E-state index contributed by atoms with van der Waals surface area (Å²) in [5.41, 5.74) is 3.57. The van der Waals surface area contributed by atoms with Gasteiger partial charge in [0, 0.05) is 23.2 Å². The Bertz CT molecular complexity index is 383. The SMILES string of the molecule is CCC(C)SCc1nc(C)c(C(C)CNC)c(C)n1. The predicted molar refractivity (Wildman–Crippen MR) is 84.9 cm³/mol. The van der Waals surface area contributed by atoms with E-state index in [2.05, 4.69) is 49.9 Å². The third-order valence-electron chi connectivity index (χ3n) is 3.45. The highest BCUT2D eigenvalue weighted by Crippen LogP contribution is 2.23. The molecule has 0 spiro atoms. The standard InChI is InChI=1S/C15H27N3S/c1-7-11(3)19-9-14-17-12(4)15(13(5)18-14)10(2)8-16-6/h10-11,16H,7-9H2,1-6H3. The van der Waals surface area contributed by atoms with Gasteiger partial charge in [0.1, 0.15) is 5.82 Å². The van der Waals surface area contributed by atoms with Gasteiger partial charge < -0.3 is 5.32 Å². The van der Waals surface area contributed by atoms with Gasteiger partial charge in [-0.3, -0.25) is 0 Å². The van der Waals surface area contributed by atoms with Gasteiger partial charge in [-0.25, -0.2) is 9.97 Å². The molecule has 108 valence electrons. The molecular weight excluding hydrogens is 254 g/mol. The number of likely N-dealkylation sites (N-methyl/N-ethyl adjacent to an activating group) is 1. The van der Waals surface area contributed by atoms with Crippen LogP contribution >= 0.6 is 11.8 Å². The van der Waals surface area contributed by atoms with E-state index in [0.29, 0.717) is 11.2 Å². The maximum absolute atomic E-state index is 4.68. The van der Waals surface area contributed by atoms with Gasteiger partial charge in [-0.2, -0.15) is 11.8 Å². The van der Waals surface area contributed by atoms with E-state index >= 15 is 0 Å². The Morgan fingerprint density at radius 1 is 1.16 bits per heavy atom. The fraction of sp³-hybridized carbons (Fsp3) is 0.733. The number of hydrogen-bond acceptors (Lipinski definition) is 4. The Hall–Kier alpha value is -0.610. The van der Waals surface area contributed by atoms with Crippen molar-refractivity contribution in [3.05, 3.63) is 22.8 Å². The molecular formula is C15H27N3S. The molecule has 0 fully saturated rings. The lowest BCUT2D eigenvalue weighted by atomic mass is 9.98. The number of nitrogens with zero attached hydrogens (tertiary/aromatic N) is 2. The summed E-state index contributed by atoms with van der Waals surface area (Å²) in [7, 11) is 1.99. The first-order valence-electron chi connectivity index (χ1n) is 7.09. The average molecular weight is 281 g/mol. The van der Waals surface area contributed by atoms with Gasteiger partial charge in [0.15, 0.2) is 0 Å². The minimum atomic E-state index is 0.460. The molecule has 0 aliphatic carbocycles. The predicted octanol–water partition coefficient (Wildman–Crippen LogP) is 3.45. The molecule has 2 unspecified atom stereocenters. The molecule has 1 aromatic rings. The highest BCUT2D eigenvalue weighted by molar-refractivity contribution is 7.99. The molecule has 3 nitrogen and oxygen atoms in total. The number of aromatic nitrogens is 2. The van der Waals surface area contributed by atoms with Crippen molar-refractivity contribution in [3.8, 4) is 0 Å². The van der Waals surface area contributed by atoms with Gasteiger partial charge in [-0.05, 0) is 38.8 Å². The molecule has 1 aromatic heterocycles. The molecule has 0 aliphatic heterocycles. The zero-order valence-corrected chi connectivity index (χ0v) is 13.9. The summed E-state index contributed by atoms with van der Waals surface area (Å²) in [6, 6.07) is 0. The molecule has 1 rings (SSSR count). The van der Waals surface area contributed by atoms with Gasteiger partial charge in [-0.15, -0.1) is 0 Å². The summed E-state index contributed by atoms with van der Waals surface area (Å²) >= 11 is 1.93. The van der Waals surface area contributed by atoms with E-state index in [1.54, 1.807) is 0 Å². The Morgan fingerprint density at radius 2 is 1.74 bits per heavy atom. The Balaban J connectivity index is 2.84. The molecule has 0 saturated heterocycles. The lowest BCUT2D eigenvalue weighted by molar-refractivity contribution is 0.660. The molecule has 0 aliphatic rings. The maximum atomic E-state index is 4.68. The smallest absolute Gasteiger partial charge is 0.138 e. The van der Waals surface area contributed by atoms with Crippen LogP contribution in [0, 0.1) is 13.8 Å². The molecule has 0 amide bonds. The molecule has 0 saturated carbocycles. The van der Waals surface area contributed by atoms with Crippen LogP contribution in [0.2, 0.25) is 0 Å². The van der Waals surface area contributed by atoms with Crippen molar-refractivity contribution < 1.29 is 0 Å². The zero-order valence-electron chi connectivity index (χ0n) is 13.1. The molecule has 0 radical (unpaired) electrons. The normalized spacial score (nSPS) is 14.4. The molecule has 0 bridgehead atoms. The Labute approximate surface area is 122 Å². The number of hydrogen-bond donors (Lipinski definition) is 1. The van der Waals surface area contributed by atoms with Gasteiger partial charge in [0.25, 0.3) is 0 Å². The molecule has 2 atom stereocenters. The zero-order chi connectivity index (χ0) is 14.4. The molecule has 19 heavy (non-hydrogen) atoms. The molecule has 1 heterocycles. The number of thioether (sulfide) groups is 1. The molecule has 1 N–H and O–H groups in total. The monoisotopic (exact) mass is 281 g/mol. The van der Waals surface area contributed by atoms with Crippen LogP contribution in [-0.4, -0.2) is 28.8 Å². The Kier molecular flexibility index (Phi) is 6.80. The lowest BCUT2D eigenvalue weighted by Crippen LogP contribution is -2.18. The maximum Gasteiger partial charge on any atom is 0.138 e. The second-order valence-corrected chi connectivity index (χ2v) is 6.64. The summed E-state index contributed by atoms with van der Waals surface area (Å²) in [6.45, 7) is 11.9. The van der Waals surface area contributed by atoms with Gasteiger partial charge in [-0.1, -0.05) is 20.8 Å².